The summed E-state index contributed by atoms with van der Waals surface area (Å²) >= 11 is 1.68. The number of amides is 2. The van der Waals surface area contributed by atoms with Crippen molar-refractivity contribution in [2.24, 2.45) is 0 Å². The third-order valence-corrected chi connectivity index (χ3v) is 8.06. The summed E-state index contributed by atoms with van der Waals surface area (Å²) in [5, 5.41) is 13.7. The summed E-state index contributed by atoms with van der Waals surface area (Å²) in [6.45, 7) is 8.89. The van der Waals surface area contributed by atoms with E-state index in [2.05, 4.69) is 16.0 Å². The first-order chi connectivity index (χ1) is 17.4. The molecule has 4 rings (SSSR count). The molecule has 2 amide bonds. The average Bonchev–Trinajstić information content (AvgIpc) is 3.39. The lowest BCUT2D eigenvalue weighted by atomic mass is 9.95. The molecule has 0 spiro atoms. The lowest BCUT2D eigenvalue weighted by Gasteiger charge is -2.17. The normalized spacial score (nSPS) is 13.1. The Kier molecular flexibility index (Phi) is 7.76. The van der Waals surface area contributed by atoms with E-state index in [1.165, 1.54) is 4.88 Å². The minimum atomic E-state index is -0.262. The molecule has 0 aliphatic heterocycles. The molecule has 6 nitrogen and oxygen atoms in total. The van der Waals surface area contributed by atoms with Crippen molar-refractivity contribution in [3.8, 4) is 11.1 Å². The molecule has 0 saturated heterocycles. The monoisotopic (exact) mass is 500 g/mol. The highest BCUT2D eigenvalue weighted by molar-refractivity contribution is 7.15. The van der Waals surface area contributed by atoms with Gasteiger partial charge < -0.3 is 14.8 Å². The summed E-state index contributed by atoms with van der Waals surface area (Å²) in [5.41, 5.74) is 5.43. The van der Waals surface area contributed by atoms with Crippen molar-refractivity contribution < 1.29 is 9.59 Å². The minimum absolute atomic E-state index is 0.102. The number of hydrogen-bond donors (Lipinski definition) is 1. The van der Waals surface area contributed by atoms with Gasteiger partial charge in [0, 0.05) is 35.0 Å². The van der Waals surface area contributed by atoms with Crippen molar-refractivity contribution in [1.29, 1.82) is 5.26 Å². The molecule has 0 fully saturated rings. The third kappa shape index (κ3) is 4.87. The topological polar surface area (TPSA) is 78.1 Å². The summed E-state index contributed by atoms with van der Waals surface area (Å²) in [6.07, 6.45) is 5.76. The number of aryl methyl sites for hydroxylation is 2. The van der Waals surface area contributed by atoms with Crippen LogP contribution in [0.4, 0.5) is 5.69 Å². The van der Waals surface area contributed by atoms with Crippen molar-refractivity contribution in [3.05, 3.63) is 74.9 Å². The second kappa shape index (κ2) is 11.0. The molecule has 0 bridgehead atoms. The van der Waals surface area contributed by atoms with Gasteiger partial charge >= 0.3 is 0 Å². The summed E-state index contributed by atoms with van der Waals surface area (Å²) in [4.78, 5) is 29.4. The predicted octanol–water partition coefficient (Wildman–Crippen LogP) is 6.06. The Hall–Kier alpha value is -3.63. The first-order valence-electron chi connectivity index (χ1n) is 12.5. The standard InChI is InChI=1S/C29H32N4O2S/c1-5-32(6-2)28(35)22(18-30)17-21-16-19(3)33(20(21)4)29-26(24-14-10-11-15-25(24)36-29)27(34)31-23-12-8-7-9-13-23/h7-9,12-13,16-17H,5-6,10-11,14-15H2,1-4H3,(H,31,34)/b22-17-. The molecule has 1 aliphatic carbocycles. The van der Waals surface area contributed by atoms with E-state index >= 15 is 0 Å². The van der Waals surface area contributed by atoms with Crippen molar-refractivity contribution in [1.82, 2.24) is 9.47 Å². The van der Waals surface area contributed by atoms with Crippen molar-refractivity contribution in [2.45, 2.75) is 53.4 Å². The zero-order chi connectivity index (χ0) is 25.8. The quantitative estimate of drug-likeness (QED) is 0.316. The van der Waals surface area contributed by atoms with Crippen LogP contribution in [0.5, 0.6) is 0 Å². The van der Waals surface area contributed by atoms with Gasteiger partial charge in [-0.2, -0.15) is 5.26 Å². The molecule has 0 saturated carbocycles. The van der Waals surface area contributed by atoms with Gasteiger partial charge in [-0.3, -0.25) is 9.59 Å². The van der Waals surface area contributed by atoms with Crippen LogP contribution in [0.15, 0.2) is 42.0 Å². The molecule has 1 aliphatic rings. The molecular weight excluding hydrogens is 468 g/mol. The first kappa shape index (κ1) is 25.5. The van der Waals surface area contributed by atoms with Gasteiger partial charge in [0.1, 0.15) is 16.6 Å². The van der Waals surface area contributed by atoms with Crippen LogP contribution < -0.4 is 5.32 Å². The fourth-order valence-corrected chi connectivity index (χ4v) is 6.38. The van der Waals surface area contributed by atoms with Crippen LogP contribution in [0.1, 0.15) is 64.4 Å². The van der Waals surface area contributed by atoms with Crippen molar-refractivity contribution in [3.63, 3.8) is 0 Å². The Morgan fingerprint density at radius 1 is 1.14 bits per heavy atom. The van der Waals surface area contributed by atoms with E-state index in [0.29, 0.717) is 13.1 Å². The number of rotatable bonds is 7. The van der Waals surface area contributed by atoms with Gasteiger partial charge in [0.25, 0.3) is 11.8 Å². The van der Waals surface area contributed by atoms with E-state index in [1.54, 1.807) is 22.3 Å². The van der Waals surface area contributed by atoms with Gasteiger partial charge in [-0.25, -0.2) is 0 Å². The number of para-hydroxylation sites is 1. The zero-order valence-corrected chi connectivity index (χ0v) is 22.2. The molecule has 3 aromatic rings. The predicted molar refractivity (Wildman–Crippen MR) is 146 cm³/mol. The van der Waals surface area contributed by atoms with Gasteiger partial charge in [0.2, 0.25) is 0 Å². The minimum Gasteiger partial charge on any atom is -0.339 e. The molecule has 2 heterocycles. The van der Waals surface area contributed by atoms with Crippen LogP contribution in [0.25, 0.3) is 11.1 Å². The van der Waals surface area contributed by atoms with Crippen LogP contribution in [0, 0.1) is 25.2 Å². The van der Waals surface area contributed by atoms with E-state index in [1.807, 2.05) is 64.1 Å². The third-order valence-electron chi connectivity index (χ3n) is 6.79. The number of carbonyl (C=O) groups excluding carboxylic acids is 2. The molecule has 1 N–H and O–H groups in total. The fourth-order valence-electron chi connectivity index (χ4n) is 4.88. The van der Waals surface area contributed by atoms with Gasteiger partial charge in [-0.05, 0) is 88.8 Å². The number of thiophene rings is 1. The van der Waals surface area contributed by atoms with Gasteiger partial charge in [0.15, 0.2) is 0 Å². The summed E-state index contributed by atoms with van der Waals surface area (Å²) in [5.74, 6) is -0.364. The number of nitriles is 1. The summed E-state index contributed by atoms with van der Waals surface area (Å²) < 4.78 is 2.10. The molecular formula is C29H32N4O2S. The zero-order valence-electron chi connectivity index (χ0n) is 21.4. The number of anilines is 1. The van der Waals surface area contributed by atoms with Crippen LogP contribution in [-0.4, -0.2) is 34.4 Å². The lowest BCUT2D eigenvalue weighted by molar-refractivity contribution is -0.126. The smallest absolute Gasteiger partial charge is 0.264 e. The van der Waals surface area contributed by atoms with E-state index < -0.39 is 0 Å². The molecule has 36 heavy (non-hydrogen) atoms. The Morgan fingerprint density at radius 2 is 1.83 bits per heavy atom. The van der Waals surface area contributed by atoms with Crippen molar-refractivity contribution in [2.75, 3.05) is 18.4 Å². The van der Waals surface area contributed by atoms with Gasteiger partial charge in [-0.1, -0.05) is 18.2 Å². The highest BCUT2D eigenvalue weighted by Crippen LogP contribution is 2.39. The molecule has 7 heteroatoms. The van der Waals surface area contributed by atoms with Crippen LogP contribution >= 0.6 is 11.3 Å². The second-order valence-electron chi connectivity index (χ2n) is 9.02. The molecule has 1 aromatic carbocycles. The first-order valence-corrected chi connectivity index (χ1v) is 13.3. The maximum absolute atomic E-state index is 13.6. The molecule has 0 unspecified atom stereocenters. The summed E-state index contributed by atoms with van der Waals surface area (Å²) in [6, 6.07) is 13.6. The average molecular weight is 501 g/mol. The Balaban J connectivity index is 1.80. The van der Waals surface area contributed by atoms with E-state index in [0.717, 1.165) is 64.4 Å². The van der Waals surface area contributed by atoms with Crippen LogP contribution in [0.2, 0.25) is 0 Å². The van der Waals surface area contributed by atoms with E-state index in [9.17, 15) is 14.9 Å². The number of nitrogens with one attached hydrogen (secondary N) is 1. The van der Waals surface area contributed by atoms with Gasteiger partial charge in [0.05, 0.1) is 5.56 Å². The van der Waals surface area contributed by atoms with Crippen molar-refractivity contribution >= 4 is 34.9 Å². The SMILES string of the molecule is CCN(CC)C(=O)/C(C#N)=C\c1cc(C)n(-c2sc3c(c2C(=O)Nc2ccccc2)CCCC3)c1C. The lowest BCUT2D eigenvalue weighted by Crippen LogP contribution is -2.31. The molecule has 0 atom stereocenters. The Labute approximate surface area is 216 Å². The molecule has 2 aromatic heterocycles. The number of carbonyl (C=O) groups is 2. The molecule has 0 radical (unpaired) electrons. The highest BCUT2D eigenvalue weighted by atomic mass is 32.1. The number of fused-ring (bicyclic) bond motifs is 1. The molecule has 186 valence electrons. The van der Waals surface area contributed by atoms with Crippen LogP contribution in [-0.2, 0) is 17.6 Å². The number of hydrogen-bond acceptors (Lipinski definition) is 4. The Morgan fingerprint density at radius 3 is 2.50 bits per heavy atom. The summed E-state index contributed by atoms with van der Waals surface area (Å²) in [7, 11) is 0. The highest BCUT2D eigenvalue weighted by Gasteiger charge is 2.28. The Bertz CT molecular complexity index is 1350. The van der Waals surface area contributed by atoms with E-state index in [4.69, 9.17) is 0 Å². The fraction of sp³-hybridized carbons (Fsp3) is 0.345. The number of benzene rings is 1. The van der Waals surface area contributed by atoms with E-state index in [-0.39, 0.29) is 17.4 Å². The maximum atomic E-state index is 13.6. The largest absolute Gasteiger partial charge is 0.339 e. The number of likely N-dealkylation sites (N-methyl/N-ethyl adjacent to an activating group) is 1. The van der Waals surface area contributed by atoms with Crippen LogP contribution in [0.3, 0.4) is 0 Å². The number of aromatic nitrogens is 1. The second-order valence-corrected chi connectivity index (χ2v) is 10.1. The maximum Gasteiger partial charge on any atom is 0.264 e. The van der Waals surface area contributed by atoms with Gasteiger partial charge in [-0.15, -0.1) is 11.3 Å². The number of nitrogens with zero attached hydrogens (tertiary/aromatic N) is 3.